The summed E-state index contributed by atoms with van der Waals surface area (Å²) in [6.45, 7) is 0. The third-order valence-electron chi connectivity index (χ3n) is 3.87. The molecule has 0 fully saturated rings. The molecule has 0 unspecified atom stereocenters. The zero-order chi connectivity index (χ0) is 20.2. The number of hydrogen-bond donors (Lipinski definition) is 1. The summed E-state index contributed by atoms with van der Waals surface area (Å²) in [7, 11) is 0. The molecule has 153 valence electrons. The second kappa shape index (κ2) is 14.9. The van der Waals surface area contributed by atoms with Crippen LogP contribution in [0, 0.1) is 0 Å². The predicted octanol–water partition coefficient (Wildman–Crippen LogP) is 5.72. The van der Waals surface area contributed by atoms with Crippen LogP contribution in [0.15, 0.2) is 122 Å². The van der Waals surface area contributed by atoms with Gasteiger partial charge in [0.1, 0.15) is 17.1 Å². The first-order chi connectivity index (χ1) is 14.4. The van der Waals surface area contributed by atoms with Gasteiger partial charge in [-0.05, 0) is 36.4 Å². The van der Waals surface area contributed by atoms with Gasteiger partial charge < -0.3 is 5.11 Å². The molecule has 1 N–H and O–H groups in total. The zero-order valence-electron chi connectivity index (χ0n) is 16.6. The summed E-state index contributed by atoms with van der Waals surface area (Å²) in [6, 6.07) is 32.7. The van der Waals surface area contributed by atoms with E-state index in [1.807, 2.05) is 91.0 Å². The fourth-order valence-corrected chi connectivity index (χ4v) is 2.54. The van der Waals surface area contributed by atoms with Gasteiger partial charge in [0.25, 0.3) is 0 Å². The van der Waals surface area contributed by atoms with E-state index in [-0.39, 0.29) is 41.4 Å². The van der Waals surface area contributed by atoms with Crippen LogP contribution in [0.2, 0.25) is 0 Å². The normalized spacial score (nSPS) is 8.90. The van der Waals surface area contributed by atoms with E-state index in [0.717, 1.165) is 11.3 Å². The van der Waals surface area contributed by atoms with E-state index < -0.39 is 0 Å². The van der Waals surface area contributed by atoms with Gasteiger partial charge in [0.05, 0.1) is 5.69 Å². The van der Waals surface area contributed by atoms with E-state index in [1.165, 1.54) is 0 Å². The fourth-order valence-electron chi connectivity index (χ4n) is 2.54. The van der Waals surface area contributed by atoms with Crippen molar-refractivity contribution in [3.05, 3.63) is 122 Å². The predicted molar refractivity (Wildman–Crippen MR) is 116 cm³/mol. The van der Waals surface area contributed by atoms with Gasteiger partial charge in [0, 0.05) is 24.2 Å². The molecule has 0 saturated heterocycles. The van der Waals surface area contributed by atoms with Crippen LogP contribution in [-0.2, 0) is 35.6 Å². The largest absolute Gasteiger partial charge is 2.00 e. The third kappa shape index (κ3) is 8.37. The summed E-state index contributed by atoms with van der Waals surface area (Å²) >= 11 is 0. The minimum absolute atomic E-state index is 0. The standard InChI is InChI=1S/C15H11N3O.2C5H5.Fe.V/c19-13-7-4-10-18-15(13)14-11(5-3-9-17-14)12-6-1-2-8-16-12;2*1-2-4-5-3-1;;/h1-10,19H;2*1-5H;;/q;2*-1;2*+2. The van der Waals surface area contributed by atoms with Gasteiger partial charge in [-0.3, -0.25) is 15.0 Å². The van der Waals surface area contributed by atoms with Crippen LogP contribution in [0.25, 0.3) is 22.6 Å². The number of pyridine rings is 3. The van der Waals surface area contributed by atoms with E-state index in [9.17, 15) is 5.11 Å². The molecule has 3 heterocycles. The number of rotatable bonds is 2. The second-order valence-electron chi connectivity index (χ2n) is 5.91. The van der Waals surface area contributed by atoms with E-state index in [0.29, 0.717) is 11.4 Å². The molecule has 6 heteroatoms. The minimum atomic E-state index is 0. The van der Waals surface area contributed by atoms with Crippen molar-refractivity contribution in [1.82, 2.24) is 15.0 Å². The summed E-state index contributed by atoms with van der Waals surface area (Å²) in [5.74, 6) is 0.110. The average molecular weight is 486 g/mol. The van der Waals surface area contributed by atoms with Crippen molar-refractivity contribution in [3.63, 3.8) is 0 Å². The zero-order valence-corrected chi connectivity index (χ0v) is 19.1. The number of aromatic hydroxyl groups is 1. The van der Waals surface area contributed by atoms with Crippen molar-refractivity contribution in [3.8, 4) is 28.4 Å². The Labute approximate surface area is 205 Å². The van der Waals surface area contributed by atoms with Crippen molar-refractivity contribution >= 4 is 0 Å². The van der Waals surface area contributed by atoms with Crippen molar-refractivity contribution in [1.29, 1.82) is 0 Å². The second-order valence-corrected chi connectivity index (χ2v) is 5.91. The van der Waals surface area contributed by atoms with Gasteiger partial charge in [-0.2, -0.15) is 36.4 Å². The first-order valence-electron chi connectivity index (χ1n) is 9.20. The molecule has 3 aromatic heterocycles. The first-order valence-corrected chi connectivity index (χ1v) is 9.20. The summed E-state index contributed by atoms with van der Waals surface area (Å²) < 4.78 is 0. The Morgan fingerprint density at radius 1 is 0.581 bits per heavy atom. The van der Waals surface area contributed by atoms with Gasteiger partial charge in [-0.25, -0.2) is 24.3 Å². The van der Waals surface area contributed by atoms with Crippen LogP contribution >= 0.6 is 0 Å². The number of hydrogen-bond acceptors (Lipinski definition) is 4. The van der Waals surface area contributed by atoms with Gasteiger partial charge in [0.15, 0.2) is 0 Å². The number of aromatic nitrogens is 3. The summed E-state index contributed by atoms with van der Waals surface area (Å²) in [6.07, 6.45) is 5.03. The molecule has 5 rings (SSSR count). The Morgan fingerprint density at radius 3 is 1.61 bits per heavy atom. The van der Waals surface area contributed by atoms with E-state index >= 15 is 0 Å². The molecular formula is C25H21FeN3OV+2. The molecule has 0 saturated carbocycles. The minimum Gasteiger partial charge on any atom is -0.506 e. The summed E-state index contributed by atoms with van der Waals surface area (Å²) in [5.41, 5.74) is 2.73. The molecule has 0 aliphatic rings. The molecule has 0 atom stereocenters. The molecule has 0 aliphatic heterocycles. The van der Waals surface area contributed by atoms with Crippen LogP contribution in [-0.4, -0.2) is 20.1 Å². The van der Waals surface area contributed by atoms with Gasteiger partial charge in [-0.1, -0.05) is 6.07 Å². The number of nitrogens with zero attached hydrogens (tertiary/aromatic N) is 3. The fraction of sp³-hybridized carbons (Fsp3) is 0. The Bertz CT molecular complexity index is 1010. The van der Waals surface area contributed by atoms with Crippen molar-refractivity contribution in [2.24, 2.45) is 0 Å². The smallest absolute Gasteiger partial charge is 0.506 e. The Kier molecular flexibility index (Phi) is 12.6. The van der Waals surface area contributed by atoms with Gasteiger partial charge in [0.2, 0.25) is 0 Å². The SMILES string of the molecule is Oc1cccnc1-c1ncccc1-c1ccccn1.[Fe+2].[V+2].c1cc[cH-]c1.c1cc[cH-]c1. The summed E-state index contributed by atoms with van der Waals surface area (Å²) in [4.78, 5) is 12.8. The summed E-state index contributed by atoms with van der Waals surface area (Å²) in [5, 5.41) is 9.91. The monoisotopic (exact) mass is 486 g/mol. The van der Waals surface area contributed by atoms with Crippen LogP contribution in [0.1, 0.15) is 0 Å². The maximum absolute atomic E-state index is 9.91. The first kappa shape index (κ1) is 26.1. The van der Waals surface area contributed by atoms with Crippen molar-refractivity contribution in [2.75, 3.05) is 0 Å². The molecular weight excluding hydrogens is 465 g/mol. The van der Waals surface area contributed by atoms with Gasteiger partial charge in [-0.15, -0.1) is 0 Å². The van der Waals surface area contributed by atoms with Crippen LogP contribution in [0.5, 0.6) is 5.75 Å². The maximum atomic E-state index is 9.91. The quantitative estimate of drug-likeness (QED) is 0.256. The Morgan fingerprint density at radius 2 is 1.13 bits per heavy atom. The molecule has 1 radical (unpaired) electrons. The maximum Gasteiger partial charge on any atom is 2.00 e. The van der Waals surface area contributed by atoms with E-state index in [4.69, 9.17) is 0 Å². The molecule has 0 spiro atoms. The van der Waals surface area contributed by atoms with Gasteiger partial charge >= 0.3 is 35.6 Å². The van der Waals surface area contributed by atoms with E-state index in [2.05, 4.69) is 15.0 Å². The molecule has 31 heavy (non-hydrogen) atoms. The van der Waals surface area contributed by atoms with E-state index in [1.54, 1.807) is 30.7 Å². The van der Waals surface area contributed by atoms with Crippen LogP contribution in [0.3, 0.4) is 0 Å². The topological polar surface area (TPSA) is 58.9 Å². The molecule has 0 amide bonds. The third-order valence-corrected chi connectivity index (χ3v) is 3.87. The Balaban J connectivity index is 0.000000331. The van der Waals surface area contributed by atoms with Crippen LogP contribution < -0.4 is 0 Å². The average Bonchev–Trinajstić information content (AvgIpc) is 3.54. The molecule has 4 nitrogen and oxygen atoms in total. The molecule has 5 aromatic rings. The van der Waals surface area contributed by atoms with Crippen molar-refractivity contribution in [2.45, 2.75) is 0 Å². The van der Waals surface area contributed by atoms with Crippen molar-refractivity contribution < 1.29 is 40.7 Å². The molecule has 0 bridgehead atoms. The molecule has 2 aromatic carbocycles. The molecule has 0 aliphatic carbocycles. The van der Waals surface area contributed by atoms with Crippen LogP contribution in [0.4, 0.5) is 0 Å². The Hall–Kier alpha value is -2.95.